The highest BCUT2D eigenvalue weighted by Crippen LogP contribution is 2.30. The molecule has 4 nitrogen and oxygen atoms in total. The molecule has 1 aromatic rings. The molecule has 0 saturated carbocycles. The molecule has 0 spiro atoms. The maximum atomic E-state index is 4.48. The molecule has 1 aliphatic rings. The molecule has 0 radical (unpaired) electrons. The summed E-state index contributed by atoms with van der Waals surface area (Å²) in [7, 11) is 0. The molecule has 5 heteroatoms. The lowest BCUT2D eigenvalue weighted by Gasteiger charge is -2.26. The number of thioether (sulfide) groups is 1. The molecular formula is C16H30N4S. The van der Waals surface area contributed by atoms with Crippen molar-refractivity contribution in [2.75, 3.05) is 6.54 Å². The van der Waals surface area contributed by atoms with Gasteiger partial charge >= 0.3 is 0 Å². The van der Waals surface area contributed by atoms with Gasteiger partial charge in [-0.25, -0.2) is 0 Å². The minimum Gasteiger partial charge on any atom is -0.313 e. The number of aryl methyl sites for hydroxylation is 1. The van der Waals surface area contributed by atoms with Crippen LogP contribution in [0.15, 0.2) is 5.16 Å². The maximum Gasteiger partial charge on any atom is 0.191 e. The fourth-order valence-electron chi connectivity index (χ4n) is 3.12. The van der Waals surface area contributed by atoms with E-state index in [1.54, 1.807) is 0 Å². The fourth-order valence-corrected chi connectivity index (χ4v) is 4.37. The van der Waals surface area contributed by atoms with Gasteiger partial charge in [-0.2, -0.15) is 0 Å². The first-order valence-corrected chi connectivity index (χ1v) is 9.50. The molecule has 2 atom stereocenters. The number of hydrogen-bond acceptors (Lipinski definition) is 4. The van der Waals surface area contributed by atoms with Crippen molar-refractivity contribution in [2.45, 2.75) is 88.7 Å². The van der Waals surface area contributed by atoms with Crippen molar-refractivity contribution in [3.05, 3.63) is 5.82 Å². The van der Waals surface area contributed by atoms with Crippen molar-refractivity contribution in [3.63, 3.8) is 0 Å². The molecule has 0 aliphatic carbocycles. The number of fused-ring (bicyclic) bond motifs is 1. The highest BCUT2D eigenvalue weighted by molar-refractivity contribution is 7.99. The lowest BCUT2D eigenvalue weighted by Crippen LogP contribution is -2.37. The fraction of sp³-hybridized carbons (Fsp3) is 0.875. The van der Waals surface area contributed by atoms with Crippen LogP contribution in [-0.4, -0.2) is 32.6 Å². The summed E-state index contributed by atoms with van der Waals surface area (Å²) in [6.07, 6.45) is 8.57. The smallest absolute Gasteiger partial charge is 0.191 e. The average Bonchev–Trinajstić information content (AvgIpc) is 2.72. The molecule has 0 saturated heterocycles. The molecule has 1 aromatic heterocycles. The van der Waals surface area contributed by atoms with Gasteiger partial charge in [0.15, 0.2) is 5.16 Å². The molecular weight excluding hydrogens is 280 g/mol. The normalized spacial score (nSPS) is 18.0. The first-order valence-electron chi connectivity index (χ1n) is 8.62. The standard InChI is InChI=1S/C16H30N4S/c1-4-10-13(17-6-3)14(5-2)21-16-19-18-15-11-8-7-9-12-20(15)16/h13-14,17H,4-12H2,1-3H3. The first kappa shape index (κ1) is 16.8. The van der Waals surface area contributed by atoms with Crippen LogP contribution in [0.4, 0.5) is 0 Å². The Morgan fingerprint density at radius 3 is 2.76 bits per heavy atom. The van der Waals surface area contributed by atoms with E-state index >= 15 is 0 Å². The van der Waals surface area contributed by atoms with Crippen LogP contribution < -0.4 is 5.32 Å². The molecule has 1 aliphatic heterocycles. The van der Waals surface area contributed by atoms with Crippen LogP contribution in [0.5, 0.6) is 0 Å². The van der Waals surface area contributed by atoms with Gasteiger partial charge < -0.3 is 9.88 Å². The third-order valence-corrected chi connectivity index (χ3v) is 5.73. The molecule has 0 fully saturated rings. The van der Waals surface area contributed by atoms with Crippen molar-refractivity contribution in [3.8, 4) is 0 Å². The summed E-state index contributed by atoms with van der Waals surface area (Å²) in [6.45, 7) is 8.89. The summed E-state index contributed by atoms with van der Waals surface area (Å²) < 4.78 is 2.37. The quantitative estimate of drug-likeness (QED) is 0.744. The van der Waals surface area contributed by atoms with Gasteiger partial charge in [0.1, 0.15) is 5.82 Å². The molecule has 0 bridgehead atoms. The predicted molar refractivity (Wildman–Crippen MR) is 89.9 cm³/mol. The van der Waals surface area contributed by atoms with Crippen molar-refractivity contribution in [2.24, 2.45) is 0 Å². The number of aromatic nitrogens is 3. The minimum absolute atomic E-state index is 0.578. The van der Waals surface area contributed by atoms with Gasteiger partial charge in [-0.05, 0) is 32.2 Å². The van der Waals surface area contributed by atoms with Gasteiger partial charge in [-0.15, -0.1) is 10.2 Å². The second-order valence-electron chi connectivity index (χ2n) is 5.88. The van der Waals surface area contributed by atoms with E-state index in [4.69, 9.17) is 0 Å². The van der Waals surface area contributed by atoms with E-state index in [9.17, 15) is 0 Å². The maximum absolute atomic E-state index is 4.48. The van der Waals surface area contributed by atoms with Crippen molar-refractivity contribution in [1.29, 1.82) is 0 Å². The van der Waals surface area contributed by atoms with E-state index in [0.29, 0.717) is 11.3 Å². The molecule has 0 amide bonds. The molecule has 2 rings (SSSR count). The number of hydrogen-bond donors (Lipinski definition) is 1. The Balaban J connectivity index is 2.08. The van der Waals surface area contributed by atoms with E-state index in [1.165, 1.54) is 44.3 Å². The van der Waals surface area contributed by atoms with Gasteiger partial charge in [0.25, 0.3) is 0 Å². The Morgan fingerprint density at radius 1 is 1.19 bits per heavy atom. The van der Waals surface area contributed by atoms with E-state index in [1.807, 2.05) is 11.8 Å². The zero-order valence-electron chi connectivity index (χ0n) is 13.8. The Bertz CT molecular complexity index is 412. The highest BCUT2D eigenvalue weighted by atomic mass is 32.2. The molecule has 0 aromatic carbocycles. The second kappa shape index (κ2) is 8.79. The predicted octanol–water partition coefficient (Wildman–Crippen LogP) is 3.65. The number of nitrogens with zero attached hydrogens (tertiary/aromatic N) is 3. The summed E-state index contributed by atoms with van der Waals surface area (Å²) >= 11 is 1.93. The van der Waals surface area contributed by atoms with Gasteiger partial charge in [0.2, 0.25) is 0 Å². The SMILES string of the molecule is CCCC(NCC)C(CC)Sc1nnc2n1CCCCC2. The van der Waals surface area contributed by atoms with Gasteiger partial charge in [0.05, 0.1) is 0 Å². The third kappa shape index (κ3) is 4.46. The molecule has 2 unspecified atom stereocenters. The zero-order valence-corrected chi connectivity index (χ0v) is 14.6. The topological polar surface area (TPSA) is 42.7 Å². The largest absolute Gasteiger partial charge is 0.313 e. The van der Waals surface area contributed by atoms with Crippen LogP contribution in [0.25, 0.3) is 0 Å². The molecule has 21 heavy (non-hydrogen) atoms. The monoisotopic (exact) mass is 310 g/mol. The summed E-state index contributed by atoms with van der Waals surface area (Å²) in [4.78, 5) is 0. The number of nitrogens with one attached hydrogen (secondary N) is 1. The second-order valence-corrected chi connectivity index (χ2v) is 7.08. The van der Waals surface area contributed by atoms with Crippen LogP contribution in [0.3, 0.4) is 0 Å². The van der Waals surface area contributed by atoms with Gasteiger partial charge in [-0.1, -0.05) is 45.4 Å². The van der Waals surface area contributed by atoms with E-state index < -0.39 is 0 Å². The summed E-state index contributed by atoms with van der Waals surface area (Å²) in [5.41, 5.74) is 0. The number of rotatable bonds is 8. The lowest BCUT2D eigenvalue weighted by atomic mass is 10.1. The Kier molecular flexibility index (Phi) is 7.04. The summed E-state index contributed by atoms with van der Waals surface area (Å²) in [5, 5.41) is 14.3. The minimum atomic E-state index is 0.578. The Labute approximate surface area is 133 Å². The first-order chi connectivity index (χ1) is 10.3. The summed E-state index contributed by atoms with van der Waals surface area (Å²) in [5.74, 6) is 1.19. The van der Waals surface area contributed by atoms with Crippen LogP contribution in [0.1, 0.15) is 65.1 Å². The van der Waals surface area contributed by atoms with Gasteiger partial charge in [0, 0.05) is 24.3 Å². The van der Waals surface area contributed by atoms with Crippen molar-refractivity contribution in [1.82, 2.24) is 20.1 Å². The Hall–Kier alpha value is -0.550. The van der Waals surface area contributed by atoms with Crippen LogP contribution in [0.2, 0.25) is 0 Å². The van der Waals surface area contributed by atoms with E-state index in [0.717, 1.165) is 24.7 Å². The van der Waals surface area contributed by atoms with E-state index in [-0.39, 0.29) is 0 Å². The molecule has 120 valence electrons. The average molecular weight is 311 g/mol. The molecule has 2 heterocycles. The van der Waals surface area contributed by atoms with Crippen LogP contribution >= 0.6 is 11.8 Å². The van der Waals surface area contributed by atoms with Crippen molar-refractivity contribution < 1.29 is 0 Å². The zero-order chi connectivity index (χ0) is 15.1. The third-order valence-electron chi connectivity index (χ3n) is 4.25. The lowest BCUT2D eigenvalue weighted by molar-refractivity contribution is 0.464. The summed E-state index contributed by atoms with van der Waals surface area (Å²) in [6, 6.07) is 0.578. The van der Waals surface area contributed by atoms with Crippen molar-refractivity contribution >= 4 is 11.8 Å². The van der Waals surface area contributed by atoms with Crippen LogP contribution in [0, 0.1) is 0 Å². The van der Waals surface area contributed by atoms with Gasteiger partial charge in [-0.3, -0.25) is 0 Å². The Morgan fingerprint density at radius 2 is 2.05 bits per heavy atom. The highest BCUT2D eigenvalue weighted by Gasteiger charge is 2.23. The van der Waals surface area contributed by atoms with Crippen LogP contribution in [-0.2, 0) is 13.0 Å². The van der Waals surface area contributed by atoms with E-state index in [2.05, 4.69) is 40.9 Å². The molecule has 1 N–H and O–H groups in total.